The van der Waals surface area contributed by atoms with Crippen LogP contribution in [0.3, 0.4) is 0 Å². The number of nitrogens with zero attached hydrogens (tertiary/aromatic N) is 2. The van der Waals surface area contributed by atoms with Gasteiger partial charge in [0, 0.05) is 61.7 Å². The third kappa shape index (κ3) is 7.85. The van der Waals surface area contributed by atoms with Crippen LogP contribution in [0.25, 0.3) is 92.8 Å². The van der Waals surface area contributed by atoms with Crippen molar-refractivity contribution in [3.63, 3.8) is 0 Å². The van der Waals surface area contributed by atoms with Crippen LogP contribution >= 0.6 is 0 Å². The molecule has 2 amide bonds. The van der Waals surface area contributed by atoms with Gasteiger partial charge in [0.05, 0.1) is 10.9 Å². The summed E-state index contributed by atoms with van der Waals surface area (Å²) < 4.78 is 15.9. The van der Waals surface area contributed by atoms with Gasteiger partial charge in [-0.1, -0.05) is 155 Å². The van der Waals surface area contributed by atoms with E-state index in [-0.39, 0.29) is 51.1 Å². The minimum absolute atomic E-state index is 0. The zero-order valence-electron chi connectivity index (χ0n) is 45.9. The highest BCUT2D eigenvalue weighted by molar-refractivity contribution is 6.46. The summed E-state index contributed by atoms with van der Waals surface area (Å²) >= 11 is 0. The lowest BCUT2D eigenvalue weighted by Crippen LogP contribution is -2.40. The first-order valence-corrected chi connectivity index (χ1v) is 26.5. The minimum Gasteiger partial charge on any atom is -0.457 e. The lowest BCUT2D eigenvalue weighted by molar-refractivity contribution is 0.0628. The molecule has 11 aromatic rings. The normalized spacial score (nSPS) is 13.7. The van der Waals surface area contributed by atoms with E-state index in [4.69, 9.17) is 9.47 Å². The highest BCUT2D eigenvalue weighted by atomic mass is 16.5. The molecule has 12 rings (SSSR count). The Labute approximate surface area is 448 Å². The summed E-state index contributed by atoms with van der Waals surface area (Å²) in [7, 11) is 0. The highest BCUT2D eigenvalue weighted by Gasteiger charge is 2.36. The Hall–Kier alpha value is -8.07. The number of pyridine rings is 1. The van der Waals surface area contributed by atoms with Crippen molar-refractivity contribution in [2.45, 2.75) is 99.5 Å². The zero-order chi connectivity index (χ0) is 53.7. The molecule has 0 atom stereocenters. The molecule has 8 nitrogen and oxygen atoms in total. The number of imide groups is 1. The molecular weight excluding hydrogens is 953 g/mol. The first kappa shape index (κ1) is 51.1. The zero-order valence-corrected chi connectivity index (χ0v) is 45.9. The van der Waals surface area contributed by atoms with Gasteiger partial charge < -0.3 is 19.5 Å². The van der Waals surface area contributed by atoms with Gasteiger partial charge in [-0.15, -0.1) is 13.2 Å². The molecule has 388 valence electrons. The Balaban J connectivity index is 0.00000631. The van der Waals surface area contributed by atoms with Gasteiger partial charge in [0.15, 0.2) is 0 Å². The van der Waals surface area contributed by atoms with E-state index in [2.05, 4.69) is 150 Å². The minimum atomic E-state index is -0.387. The molecule has 0 fully saturated rings. The molecule has 2 heterocycles. The lowest BCUT2D eigenvalue weighted by Gasteiger charge is -2.33. The summed E-state index contributed by atoms with van der Waals surface area (Å²) in [6, 6.07) is 37.4. The molecule has 0 bridgehead atoms. The fourth-order valence-corrected chi connectivity index (χ4v) is 13.8. The third-order valence-electron chi connectivity index (χ3n) is 16.1. The van der Waals surface area contributed by atoms with Crippen molar-refractivity contribution >= 4 is 105 Å². The number of benzene rings is 10. The number of carbonyl (C=O) groups excluding carboxylic acids is 2. The van der Waals surface area contributed by atoms with Gasteiger partial charge >= 0.3 is 0 Å². The predicted molar refractivity (Wildman–Crippen MR) is 320 cm³/mol. The average molecular weight is 1020 g/mol. The molecule has 77 heavy (non-hydrogen) atoms. The van der Waals surface area contributed by atoms with E-state index in [0.717, 1.165) is 88.2 Å². The van der Waals surface area contributed by atoms with Gasteiger partial charge in [0.2, 0.25) is 0 Å². The third-order valence-corrected chi connectivity index (χ3v) is 16.1. The average Bonchev–Trinajstić information content (AvgIpc) is 3.56. The van der Waals surface area contributed by atoms with Crippen molar-refractivity contribution in [1.82, 2.24) is 9.47 Å². The number of allylic oxidation sites excluding steroid dienone is 1. The quantitative estimate of drug-likeness (QED) is 0.0524. The molecule has 8 heteroatoms. The summed E-state index contributed by atoms with van der Waals surface area (Å²) in [4.78, 5) is 44.9. The molecule has 10 aromatic carbocycles. The van der Waals surface area contributed by atoms with Crippen LogP contribution in [0, 0.1) is 10.8 Å². The first-order valence-electron chi connectivity index (χ1n) is 26.5. The molecule has 0 saturated carbocycles. The Morgan fingerprint density at radius 1 is 0.442 bits per heavy atom. The second-order valence-corrected chi connectivity index (χ2v) is 25.1. The molecule has 0 spiro atoms. The van der Waals surface area contributed by atoms with Crippen LogP contribution in [-0.2, 0) is 17.4 Å². The summed E-state index contributed by atoms with van der Waals surface area (Å²) in [6.45, 7) is 35.5. The van der Waals surface area contributed by atoms with Crippen LogP contribution in [0.4, 0.5) is 0 Å². The van der Waals surface area contributed by atoms with Crippen molar-refractivity contribution in [3.05, 3.63) is 172 Å². The van der Waals surface area contributed by atoms with E-state index in [9.17, 15) is 14.4 Å². The number of amides is 2. The van der Waals surface area contributed by atoms with Crippen LogP contribution in [0.5, 0.6) is 23.0 Å². The maximum atomic E-state index is 14.7. The second kappa shape index (κ2) is 17.5. The van der Waals surface area contributed by atoms with Crippen molar-refractivity contribution in [2.24, 2.45) is 10.8 Å². The number of hydrogen-bond acceptors (Lipinski definition) is 5. The molecule has 0 aliphatic carbocycles. The summed E-state index contributed by atoms with van der Waals surface area (Å²) in [5, 5.41) is 14.8. The van der Waals surface area contributed by atoms with Crippen molar-refractivity contribution in [1.29, 1.82) is 0 Å². The van der Waals surface area contributed by atoms with Crippen LogP contribution in [-0.4, -0.2) is 33.3 Å². The van der Waals surface area contributed by atoms with Crippen molar-refractivity contribution in [2.75, 3.05) is 6.54 Å². The van der Waals surface area contributed by atoms with Crippen molar-refractivity contribution < 1.29 is 24.5 Å². The Morgan fingerprint density at radius 3 is 1.32 bits per heavy atom. The van der Waals surface area contributed by atoms with E-state index in [1.807, 2.05) is 48.5 Å². The molecule has 0 radical (unpaired) electrons. The van der Waals surface area contributed by atoms with Crippen LogP contribution in [0.2, 0.25) is 0 Å². The summed E-state index contributed by atoms with van der Waals surface area (Å²) in [6.07, 6.45) is 5.32. The van der Waals surface area contributed by atoms with E-state index >= 15 is 0 Å². The number of ether oxygens (including phenoxy) is 2. The van der Waals surface area contributed by atoms with Gasteiger partial charge in [-0.05, 0) is 131 Å². The predicted octanol–water partition coefficient (Wildman–Crippen LogP) is 16.2. The molecule has 1 aromatic heterocycles. The smallest absolute Gasteiger partial charge is 0.261 e. The number of aromatic nitrogens is 1. The molecule has 0 saturated heterocycles. The molecule has 0 unspecified atom stereocenters. The maximum Gasteiger partial charge on any atom is 0.261 e. The standard InChI is InChI=1S/C69H64N2O5.H2O/c1-14-32-70-38(3)43-24-25-46-44-26-30-49-57-45(27-29-48(56(44)57)59-53(34-51(64(70)73)55(43)61(46)59)75-41-20-16-39(17-21-41)68(10,11)36-66(4,5)6)47-28-31-50-58-52(65(74)71(33-15-2)63(50)72)35-54(60(49)62(47)58)76-42-22-18-40(19-23-42)69(12,13)37-67(7,8)9;/h14-31,34-35H,1-3,32-33,36-37H2,4-13H3;1H2. The number of hydrogen-bond donors (Lipinski definition) is 0. The van der Waals surface area contributed by atoms with Crippen molar-refractivity contribution in [3.8, 4) is 23.0 Å². The summed E-state index contributed by atoms with van der Waals surface area (Å²) in [5.41, 5.74) is 3.29. The van der Waals surface area contributed by atoms with Gasteiger partial charge in [0.1, 0.15) is 23.0 Å². The Bertz CT molecular complexity index is 4410. The lowest BCUT2D eigenvalue weighted by atomic mass is 9.72. The number of carbonyl (C=O) groups is 2. The Morgan fingerprint density at radius 2 is 0.844 bits per heavy atom. The monoisotopic (exact) mass is 1020 g/mol. The van der Waals surface area contributed by atoms with Crippen LogP contribution < -0.4 is 20.4 Å². The van der Waals surface area contributed by atoms with E-state index in [0.29, 0.717) is 56.8 Å². The largest absolute Gasteiger partial charge is 0.457 e. The fourth-order valence-electron chi connectivity index (χ4n) is 13.8. The molecular formula is C69H66N2O6. The van der Waals surface area contributed by atoms with Gasteiger partial charge in [-0.2, -0.15) is 0 Å². The Kier molecular flexibility index (Phi) is 11.6. The van der Waals surface area contributed by atoms with Gasteiger partial charge in [0.25, 0.3) is 17.4 Å². The highest BCUT2D eigenvalue weighted by Crippen LogP contribution is 2.54. The fraction of sp³-hybridized carbons (Fsp3) is 0.261. The second-order valence-electron chi connectivity index (χ2n) is 25.1. The number of fused-ring (bicyclic) bond motifs is 4. The molecule has 2 N–H and O–H groups in total. The van der Waals surface area contributed by atoms with Gasteiger partial charge in [-0.3, -0.25) is 19.3 Å². The van der Waals surface area contributed by atoms with E-state index < -0.39 is 0 Å². The number of rotatable bonds is 12. The van der Waals surface area contributed by atoms with E-state index in [1.54, 1.807) is 16.7 Å². The maximum absolute atomic E-state index is 14.7. The van der Waals surface area contributed by atoms with Gasteiger partial charge in [-0.25, -0.2) is 0 Å². The summed E-state index contributed by atoms with van der Waals surface area (Å²) in [5.74, 6) is 1.65. The SMILES string of the molecule is C=CCN1C(=O)c2ccc3c4ccc5c6c(Oc7ccc(C(C)(C)CC(C)(C)C)cc7)cc7c(=O)n(CC=C)c(=C)c8ccc(c9ccc(c%10c(Oc%11ccc(C(C)(C)CC(C)(C)C)cc%11)cc(c2c3%10)C1=O)c4c95)c6c87.O. The molecule has 1 aliphatic heterocycles. The van der Waals surface area contributed by atoms with E-state index in [1.165, 1.54) is 16.0 Å². The first-order chi connectivity index (χ1) is 36.0. The topological polar surface area (TPSA) is 109 Å². The van der Waals surface area contributed by atoms with Crippen LogP contribution in [0.1, 0.15) is 114 Å². The molecule has 1 aliphatic rings. The van der Waals surface area contributed by atoms with Crippen LogP contribution in [0.15, 0.2) is 139 Å².